The van der Waals surface area contributed by atoms with E-state index in [0.29, 0.717) is 12.8 Å². The van der Waals surface area contributed by atoms with Crippen molar-refractivity contribution in [3.8, 4) is 6.07 Å². The number of Topliss-reactive ketones (excluding diaryl/α,β-unsaturated/α-hetero) is 1. The Bertz CT molecular complexity index is 498. The summed E-state index contributed by atoms with van der Waals surface area (Å²) in [7, 11) is 0. The molecule has 17 heavy (non-hydrogen) atoms. The molecule has 1 aliphatic rings. The number of carbonyl (C=O) groups excluding carboxylic acids is 1. The molecule has 1 aliphatic carbocycles. The van der Waals surface area contributed by atoms with Crippen LogP contribution in [0.1, 0.15) is 36.0 Å². The summed E-state index contributed by atoms with van der Waals surface area (Å²) in [4.78, 5) is 11.9. The summed E-state index contributed by atoms with van der Waals surface area (Å²) in [5, 5.41) is 9.30. The maximum Gasteiger partial charge on any atom is 0.153 e. The van der Waals surface area contributed by atoms with Gasteiger partial charge >= 0.3 is 0 Å². The topological polar surface area (TPSA) is 40.9 Å². The van der Waals surface area contributed by atoms with Crippen molar-refractivity contribution in [1.82, 2.24) is 0 Å². The average Bonchev–Trinajstić information content (AvgIpc) is 2.66. The number of nitrogens with zero attached hydrogens (tertiary/aromatic N) is 1. The molecule has 1 atom stereocenters. The SMILES string of the molecule is Cc1ccc(CC2(C#N)CCCC2=O)cc1C. The lowest BCUT2D eigenvalue weighted by atomic mass is 9.80. The van der Waals surface area contributed by atoms with Gasteiger partial charge in [0.2, 0.25) is 0 Å². The molecule has 0 amide bonds. The van der Waals surface area contributed by atoms with Crippen molar-refractivity contribution in [2.45, 2.75) is 39.5 Å². The minimum absolute atomic E-state index is 0.123. The molecule has 1 aromatic rings. The predicted octanol–water partition coefficient (Wildman–Crippen LogP) is 3.11. The van der Waals surface area contributed by atoms with Gasteiger partial charge in [0.25, 0.3) is 0 Å². The Balaban J connectivity index is 2.28. The summed E-state index contributed by atoms with van der Waals surface area (Å²) in [6.45, 7) is 4.13. The van der Waals surface area contributed by atoms with Crippen molar-refractivity contribution in [1.29, 1.82) is 5.26 Å². The highest BCUT2D eigenvalue weighted by atomic mass is 16.1. The minimum atomic E-state index is -0.748. The summed E-state index contributed by atoms with van der Waals surface area (Å²) in [5.41, 5.74) is 2.82. The van der Waals surface area contributed by atoms with Crippen LogP contribution in [0.15, 0.2) is 18.2 Å². The number of hydrogen-bond acceptors (Lipinski definition) is 2. The molecule has 1 saturated carbocycles. The van der Waals surface area contributed by atoms with E-state index >= 15 is 0 Å². The number of aryl methyl sites for hydroxylation is 2. The first-order chi connectivity index (χ1) is 8.07. The second kappa shape index (κ2) is 4.33. The molecule has 0 spiro atoms. The van der Waals surface area contributed by atoms with Gasteiger partial charge in [0, 0.05) is 6.42 Å². The number of ketones is 1. The van der Waals surface area contributed by atoms with E-state index in [1.165, 1.54) is 11.1 Å². The smallest absolute Gasteiger partial charge is 0.153 e. The van der Waals surface area contributed by atoms with Crippen molar-refractivity contribution >= 4 is 5.78 Å². The highest BCUT2D eigenvalue weighted by Gasteiger charge is 2.42. The van der Waals surface area contributed by atoms with Gasteiger partial charge in [-0.15, -0.1) is 0 Å². The first-order valence-corrected chi connectivity index (χ1v) is 6.08. The van der Waals surface area contributed by atoms with Crippen LogP contribution in [-0.4, -0.2) is 5.78 Å². The number of benzene rings is 1. The number of carbonyl (C=O) groups is 1. The van der Waals surface area contributed by atoms with Crippen LogP contribution in [0.25, 0.3) is 0 Å². The van der Waals surface area contributed by atoms with Crippen LogP contribution in [0.3, 0.4) is 0 Å². The van der Waals surface area contributed by atoms with Crippen molar-refractivity contribution in [3.05, 3.63) is 34.9 Å². The Hall–Kier alpha value is -1.62. The van der Waals surface area contributed by atoms with Crippen molar-refractivity contribution in [2.24, 2.45) is 5.41 Å². The van der Waals surface area contributed by atoms with Crippen LogP contribution in [0.4, 0.5) is 0 Å². The molecule has 0 bridgehead atoms. The molecule has 1 fully saturated rings. The summed E-state index contributed by atoms with van der Waals surface area (Å²) in [6, 6.07) is 8.46. The van der Waals surface area contributed by atoms with Gasteiger partial charge in [-0.2, -0.15) is 5.26 Å². The number of rotatable bonds is 2. The van der Waals surface area contributed by atoms with E-state index in [2.05, 4.69) is 32.0 Å². The molecule has 1 aromatic carbocycles. The number of nitriles is 1. The first-order valence-electron chi connectivity index (χ1n) is 6.08. The predicted molar refractivity (Wildman–Crippen MR) is 66.5 cm³/mol. The molecule has 0 radical (unpaired) electrons. The molecular formula is C15H17NO. The lowest BCUT2D eigenvalue weighted by Gasteiger charge is -2.19. The van der Waals surface area contributed by atoms with E-state index in [1.54, 1.807) is 0 Å². The Morgan fingerprint density at radius 1 is 1.35 bits per heavy atom. The zero-order chi connectivity index (χ0) is 12.5. The van der Waals surface area contributed by atoms with Crippen LogP contribution >= 0.6 is 0 Å². The highest BCUT2D eigenvalue weighted by molar-refractivity contribution is 5.89. The van der Waals surface area contributed by atoms with Gasteiger partial charge in [-0.05, 0) is 49.8 Å². The van der Waals surface area contributed by atoms with E-state index in [-0.39, 0.29) is 5.78 Å². The molecule has 2 rings (SSSR count). The van der Waals surface area contributed by atoms with E-state index in [0.717, 1.165) is 18.4 Å². The molecule has 2 heteroatoms. The fraction of sp³-hybridized carbons (Fsp3) is 0.467. The normalized spacial score (nSPS) is 23.7. The quantitative estimate of drug-likeness (QED) is 0.779. The Kier molecular flexibility index (Phi) is 3.02. The third-order valence-corrected chi connectivity index (χ3v) is 3.83. The van der Waals surface area contributed by atoms with Crippen molar-refractivity contribution in [2.75, 3.05) is 0 Å². The summed E-state index contributed by atoms with van der Waals surface area (Å²) in [6.07, 6.45) is 2.72. The molecule has 0 N–H and O–H groups in total. The average molecular weight is 227 g/mol. The van der Waals surface area contributed by atoms with E-state index < -0.39 is 5.41 Å². The summed E-state index contributed by atoms with van der Waals surface area (Å²) < 4.78 is 0. The molecule has 0 aliphatic heterocycles. The maximum absolute atomic E-state index is 11.9. The molecule has 1 unspecified atom stereocenters. The lowest BCUT2D eigenvalue weighted by molar-refractivity contribution is -0.123. The monoisotopic (exact) mass is 227 g/mol. The first kappa shape index (κ1) is 11.9. The van der Waals surface area contributed by atoms with Gasteiger partial charge in [0.15, 0.2) is 5.78 Å². The second-order valence-corrected chi connectivity index (χ2v) is 5.07. The van der Waals surface area contributed by atoms with Crippen LogP contribution in [0.2, 0.25) is 0 Å². The molecule has 0 saturated heterocycles. The Labute approximate surface area is 102 Å². The molecule has 0 aromatic heterocycles. The van der Waals surface area contributed by atoms with E-state index in [4.69, 9.17) is 0 Å². The summed E-state index contributed by atoms with van der Waals surface area (Å²) >= 11 is 0. The Morgan fingerprint density at radius 3 is 2.65 bits per heavy atom. The minimum Gasteiger partial charge on any atom is -0.298 e. The molecule has 0 heterocycles. The zero-order valence-electron chi connectivity index (χ0n) is 10.4. The van der Waals surface area contributed by atoms with Gasteiger partial charge in [-0.25, -0.2) is 0 Å². The second-order valence-electron chi connectivity index (χ2n) is 5.07. The third-order valence-electron chi connectivity index (χ3n) is 3.83. The molecule has 2 nitrogen and oxygen atoms in total. The van der Waals surface area contributed by atoms with Gasteiger partial charge in [-0.3, -0.25) is 4.79 Å². The van der Waals surface area contributed by atoms with Gasteiger partial charge < -0.3 is 0 Å². The summed E-state index contributed by atoms with van der Waals surface area (Å²) in [5.74, 6) is 0.123. The fourth-order valence-corrected chi connectivity index (χ4v) is 2.54. The Morgan fingerprint density at radius 2 is 2.12 bits per heavy atom. The molecular weight excluding hydrogens is 210 g/mol. The van der Waals surface area contributed by atoms with E-state index in [1.807, 2.05) is 6.07 Å². The highest BCUT2D eigenvalue weighted by Crippen LogP contribution is 2.37. The van der Waals surface area contributed by atoms with Crippen LogP contribution < -0.4 is 0 Å². The number of hydrogen-bond donors (Lipinski definition) is 0. The van der Waals surface area contributed by atoms with Crippen molar-refractivity contribution in [3.63, 3.8) is 0 Å². The maximum atomic E-state index is 11.9. The lowest BCUT2D eigenvalue weighted by Crippen LogP contribution is -2.26. The fourth-order valence-electron chi connectivity index (χ4n) is 2.54. The van der Waals surface area contributed by atoms with Crippen LogP contribution in [0.5, 0.6) is 0 Å². The van der Waals surface area contributed by atoms with Gasteiger partial charge in [0.1, 0.15) is 5.41 Å². The molecule has 88 valence electrons. The van der Waals surface area contributed by atoms with E-state index in [9.17, 15) is 10.1 Å². The standard InChI is InChI=1S/C15H17NO/c1-11-5-6-13(8-12(11)2)9-15(10-16)7-3-4-14(15)17/h5-6,8H,3-4,7,9H2,1-2H3. The van der Waals surface area contributed by atoms with Crippen molar-refractivity contribution < 1.29 is 4.79 Å². The van der Waals surface area contributed by atoms with Gasteiger partial charge in [0.05, 0.1) is 6.07 Å². The zero-order valence-corrected chi connectivity index (χ0v) is 10.4. The van der Waals surface area contributed by atoms with Crippen LogP contribution in [0, 0.1) is 30.6 Å². The third kappa shape index (κ3) is 2.10. The van der Waals surface area contributed by atoms with Gasteiger partial charge in [-0.1, -0.05) is 18.2 Å². The van der Waals surface area contributed by atoms with Crippen LogP contribution in [-0.2, 0) is 11.2 Å². The largest absolute Gasteiger partial charge is 0.298 e.